The minimum atomic E-state index is -3.38. The van der Waals surface area contributed by atoms with Gasteiger partial charge in [-0.05, 0) is 38.5 Å². The quantitative estimate of drug-likeness (QED) is 0.860. The van der Waals surface area contributed by atoms with Gasteiger partial charge in [0.25, 0.3) is 0 Å². The van der Waals surface area contributed by atoms with Gasteiger partial charge in [-0.15, -0.1) is 0 Å². The molecule has 1 aliphatic carbocycles. The molecular weight excluding hydrogens is 282 g/mol. The average Bonchev–Trinajstić information content (AvgIpc) is 2.79. The third kappa shape index (κ3) is 2.17. The third-order valence-electron chi connectivity index (χ3n) is 4.76. The van der Waals surface area contributed by atoms with Crippen LogP contribution in [0.15, 0.2) is 52.5 Å². The summed E-state index contributed by atoms with van der Waals surface area (Å²) in [4.78, 5) is 0.393. The molecule has 0 bridgehead atoms. The van der Waals surface area contributed by atoms with Crippen molar-refractivity contribution in [2.45, 2.75) is 25.7 Å². The molecule has 3 rings (SSSR count). The molecule has 2 aliphatic rings. The van der Waals surface area contributed by atoms with E-state index in [4.69, 9.17) is 0 Å². The van der Waals surface area contributed by atoms with E-state index < -0.39 is 10.0 Å². The van der Waals surface area contributed by atoms with Crippen molar-refractivity contribution in [2.24, 2.45) is 11.8 Å². The van der Waals surface area contributed by atoms with Gasteiger partial charge in [0.15, 0.2) is 0 Å². The van der Waals surface area contributed by atoms with E-state index in [0.717, 1.165) is 11.1 Å². The van der Waals surface area contributed by atoms with Crippen LogP contribution in [0.25, 0.3) is 0 Å². The Morgan fingerprint density at radius 2 is 1.71 bits per heavy atom. The molecule has 0 radical (unpaired) electrons. The highest BCUT2D eigenvalue weighted by Gasteiger charge is 2.48. The first-order valence-electron chi connectivity index (χ1n) is 7.25. The van der Waals surface area contributed by atoms with Crippen molar-refractivity contribution in [1.82, 2.24) is 4.31 Å². The molecule has 1 fully saturated rings. The summed E-state index contributed by atoms with van der Waals surface area (Å²) in [5, 5.41) is 0. The highest BCUT2D eigenvalue weighted by molar-refractivity contribution is 7.89. The minimum absolute atomic E-state index is 0.336. The molecule has 1 aromatic rings. The van der Waals surface area contributed by atoms with Crippen LogP contribution < -0.4 is 0 Å². The lowest BCUT2D eigenvalue weighted by atomic mass is 9.68. The maximum atomic E-state index is 12.7. The number of nitrogens with zero attached hydrogens (tertiary/aromatic N) is 1. The Labute approximate surface area is 127 Å². The Hall–Kier alpha value is -1.39. The fourth-order valence-corrected chi connectivity index (χ4v) is 5.10. The van der Waals surface area contributed by atoms with Crippen molar-refractivity contribution >= 4 is 10.0 Å². The maximum absolute atomic E-state index is 12.7. The molecule has 0 saturated carbocycles. The molecule has 3 nitrogen and oxygen atoms in total. The van der Waals surface area contributed by atoms with Crippen molar-refractivity contribution in [3.63, 3.8) is 0 Å². The van der Waals surface area contributed by atoms with Gasteiger partial charge in [0.1, 0.15) is 0 Å². The van der Waals surface area contributed by atoms with Crippen LogP contribution in [0, 0.1) is 18.8 Å². The van der Waals surface area contributed by atoms with Crippen LogP contribution in [0.1, 0.15) is 19.4 Å². The van der Waals surface area contributed by atoms with Crippen LogP contribution in [0.2, 0.25) is 0 Å². The van der Waals surface area contributed by atoms with Gasteiger partial charge in [-0.2, -0.15) is 4.31 Å². The first kappa shape index (κ1) is 14.5. The summed E-state index contributed by atoms with van der Waals surface area (Å²) in [6, 6.07) is 7.09. The first-order chi connectivity index (χ1) is 9.82. The second-order valence-corrected chi connectivity index (χ2v) is 8.16. The van der Waals surface area contributed by atoms with Gasteiger partial charge in [-0.25, -0.2) is 8.42 Å². The molecule has 2 unspecified atom stereocenters. The van der Waals surface area contributed by atoms with Crippen molar-refractivity contribution in [1.29, 1.82) is 0 Å². The molecule has 1 aromatic carbocycles. The summed E-state index contributed by atoms with van der Waals surface area (Å²) in [5.41, 5.74) is 4.73. The number of hydrogen-bond acceptors (Lipinski definition) is 2. The van der Waals surface area contributed by atoms with Gasteiger partial charge in [-0.1, -0.05) is 35.4 Å². The Morgan fingerprint density at radius 1 is 1.14 bits per heavy atom. The molecule has 0 N–H and O–H groups in total. The SMILES string of the molecule is C=C(C)C1=C(C)C2CN(S(=O)(=O)c3ccc(C)cc3)CC12. The second kappa shape index (κ2) is 4.82. The fourth-order valence-electron chi connectivity index (χ4n) is 3.60. The van der Waals surface area contributed by atoms with Gasteiger partial charge in [0.2, 0.25) is 10.0 Å². The molecular formula is C17H21NO2S. The lowest BCUT2D eigenvalue weighted by Gasteiger charge is -2.35. The summed E-state index contributed by atoms with van der Waals surface area (Å²) >= 11 is 0. The van der Waals surface area contributed by atoms with E-state index in [1.54, 1.807) is 16.4 Å². The summed E-state index contributed by atoms with van der Waals surface area (Å²) in [6.45, 7) is 11.3. The predicted molar refractivity (Wildman–Crippen MR) is 84.4 cm³/mol. The summed E-state index contributed by atoms with van der Waals surface area (Å²) in [6.07, 6.45) is 0. The smallest absolute Gasteiger partial charge is 0.207 e. The number of rotatable bonds is 3. The second-order valence-electron chi connectivity index (χ2n) is 6.23. The zero-order valence-electron chi connectivity index (χ0n) is 12.8. The van der Waals surface area contributed by atoms with Gasteiger partial charge >= 0.3 is 0 Å². The first-order valence-corrected chi connectivity index (χ1v) is 8.69. The van der Waals surface area contributed by atoms with Crippen LogP contribution in [0.4, 0.5) is 0 Å². The fraction of sp³-hybridized carbons (Fsp3) is 0.412. The molecule has 0 aromatic heterocycles. The molecule has 1 saturated heterocycles. The zero-order chi connectivity index (χ0) is 15.4. The van der Waals surface area contributed by atoms with Gasteiger partial charge in [-0.3, -0.25) is 0 Å². The number of allylic oxidation sites excluding steroid dienone is 1. The van der Waals surface area contributed by atoms with Crippen LogP contribution in [0.5, 0.6) is 0 Å². The van der Waals surface area contributed by atoms with E-state index >= 15 is 0 Å². The lowest BCUT2D eigenvalue weighted by molar-refractivity contribution is 0.467. The summed E-state index contributed by atoms with van der Waals surface area (Å²) in [7, 11) is -3.38. The Kier molecular flexibility index (Phi) is 3.34. The number of aryl methyl sites for hydroxylation is 1. The standard InChI is InChI=1S/C17H21NO2S/c1-11(2)17-13(4)15-9-18(10-16(15)17)21(19,20)14-7-5-12(3)6-8-14/h5-8,15-16H,1,9-10H2,2-4H3. The average molecular weight is 303 g/mol. The number of hydrogen-bond donors (Lipinski definition) is 0. The Balaban J connectivity index is 1.85. The van der Waals surface area contributed by atoms with Gasteiger partial charge in [0, 0.05) is 24.9 Å². The van der Waals surface area contributed by atoms with Crippen LogP contribution >= 0.6 is 0 Å². The molecule has 4 heteroatoms. The Bertz CT molecular complexity index is 729. The third-order valence-corrected chi connectivity index (χ3v) is 6.60. The van der Waals surface area contributed by atoms with E-state index in [2.05, 4.69) is 13.5 Å². The molecule has 21 heavy (non-hydrogen) atoms. The predicted octanol–water partition coefficient (Wildman–Crippen LogP) is 3.14. The van der Waals surface area contributed by atoms with Crippen molar-refractivity contribution < 1.29 is 8.42 Å². The summed E-state index contributed by atoms with van der Waals surface area (Å²) < 4.78 is 27.1. The van der Waals surface area contributed by atoms with Crippen LogP contribution in [-0.4, -0.2) is 25.8 Å². The summed E-state index contributed by atoms with van der Waals surface area (Å²) in [5.74, 6) is 0.708. The molecule has 0 amide bonds. The highest BCUT2D eigenvalue weighted by atomic mass is 32.2. The van der Waals surface area contributed by atoms with Crippen LogP contribution in [0.3, 0.4) is 0 Å². The van der Waals surface area contributed by atoms with Crippen molar-refractivity contribution in [2.75, 3.05) is 13.1 Å². The highest BCUT2D eigenvalue weighted by Crippen LogP contribution is 2.49. The minimum Gasteiger partial charge on any atom is -0.207 e. The number of benzene rings is 1. The largest absolute Gasteiger partial charge is 0.243 e. The van der Waals surface area contributed by atoms with E-state index in [9.17, 15) is 8.42 Å². The molecule has 112 valence electrons. The molecule has 1 aliphatic heterocycles. The molecule has 1 heterocycles. The van der Waals surface area contributed by atoms with Gasteiger partial charge in [0.05, 0.1) is 4.90 Å². The van der Waals surface area contributed by atoms with E-state index in [1.807, 2.05) is 26.0 Å². The normalized spacial score (nSPS) is 25.7. The number of fused-ring (bicyclic) bond motifs is 1. The molecule has 2 atom stereocenters. The number of sulfonamides is 1. The maximum Gasteiger partial charge on any atom is 0.243 e. The molecule has 0 spiro atoms. The Morgan fingerprint density at radius 3 is 2.29 bits per heavy atom. The van der Waals surface area contributed by atoms with Gasteiger partial charge < -0.3 is 0 Å². The van der Waals surface area contributed by atoms with E-state index in [1.165, 1.54) is 11.1 Å². The van der Waals surface area contributed by atoms with Crippen LogP contribution in [-0.2, 0) is 10.0 Å². The van der Waals surface area contributed by atoms with E-state index in [0.29, 0.717) is 29.8 Å². The monoisotopic (exact) mass is 303 g/mol. The topological polar surface area (TPSA) is 37.4 Å². The van der Waals surface area contributed by atoms with Crippen molar-refractivity contribution in [3.05, 3.63) is 53.1 Å². The lowest BCUT2D eigenvalue weighted by Crippen LogP contribution is -2.29. The van der Waals surface area contributed by atoms with Crippen molar-refractivity contribution in [3.8, 4) is 0 Å². The zero-order valence-corrected chi connectivity index (χ0v) is 13.6. The van der Waals surface area contributed by atoms with E-state index in [-0.39, 0.29) is 0 Å².